The Bertz CT molecular complexity index is 1550. The Balaban J connectivity index is 1.80. The van der Waals surface area contributed by atoms with Gasteiger partial charge in [-0.05, 0) is 41.9 Å². The molecule has 0 amide bonds. The number of fused-ring (bicyclic) bond motifs is 4. The summed E-state index contributed by atoms with van der Waals surface area (Å²) in [4.78, 5) is 9.06. The third-order valence-electron chi connectivity index (χ3n) is 5.54. The van der Waals surface area contributed by atoms with Crippen molar-refractivity contribution in [1.82, 2.24) is 14.5 Å². The minimum absolute atomic E-state index is 0.257. The second-order valence-corrected chi connectivity index (χ2v) is 7.58. The Morgan fingerprint density at radius 1 is 0.600 bits per heavy atom. The van der Waals surface area contributed by atoms with E-state index in [2.05, 4.69) is 87.3 Å². The normalized spacial score (nSPS) is 11.5. The minimum atomic E-state index is 0.257. The zero-order chi connectivity index (χ0) is 20.1. The first-order chi connectivity index (χ1) is 14.8. The highest BCUT2D eigenvalue weighted by atomic mass is 35.5. The summed E-state index contributed by atoms with van der Waals surface area (Å²) in [5.41, 5.74) is 6.18. The Labute approximate surface area is 178 Å². The van der Waals surface area contributed by atoms with Gasteiger partial charge in [-0.15, -0.1) is 0 Å². The SMILES string of the molecule is Clc1nc(-c2cccc3c2c2ccccc2n3-c2ccccc2)c2ccccc2n1. The van der Waals surface area contributed by atoms with Gasteiger partial charge in [0.1, 0.15) is 0 Å². The highest BCUT2D eigenvalue weighted by molar-refractivity contribution is 6.29. The molecule has 0 unspecified atom stereocenters. The molecule has 0 atom stereocenters. The van der Waals surface area contributed by atoms with Gasteiger partial charge >= 0.3 is 0 Å². The van der Waals surface area contributed by atoms with E-state index in [1.165, 1.54) is 5.39 Å². The first-order valence-corrected chi connectivity index (χ1v) is 10.2. The monoisotopic (exact) mass is 405 g/mol. The van der Waals surface area contributed by atoms with E-state index in [1.807, 2.05) is 24.3 Å². The second-order valence-electron chi connectivity index (χ2n) is 7.25. The largest absolute Gasteiger partial charge is 0.309 e. The molecule has 2 heterocycles. The summed E-state index contributed by atoms with van der Waals surface area (Å²) in [7, 11) is 0. The maximum absolute atomic E-state index is 6.32. The zero-order valence-electron chi connectivity index (χ0n) is 16.0. The first kappa shape index (κ1) is 17.2. The van der Waals surface area contributed by atoms with E-state index < -0.39 is 0 Å². The molecule has 0 saturated carbocycles. The van der Waals surface area contributed by atoms with E-state index in [1.54, 1.807) is 0 Å². The fourth-order valence-electron chi connectivity index (χ4n) is 4.33. The highest BCUT2D eigenvalue weighted by Crippen LogP contribution is 2.39. The van der Waals surface area contributed by atoms with Crippen molar-refractivity contribution >= 4 is 44.3 Å². The van der Waals surface area contributed by atoms with Crippen molar-refractivity contribution in [3.05, 3.63) is 102 Å². The lowest BCUT2D eigenvalue weighted by molar-refractivity contribution is 1.18. The van der Waals surface area contributed by atoms with Gasteiger partial charge in [0.2, 0.25) is 5.28 Å². The number of nitrogens with zero attached hydrogens (tertiary/aromatic N) is 3. The van der Waals surface area contributed by atoms with Crippen LogP contribution in [0.3, 0.4) is 0 Å². The molecule has 0 aliphatic heterocycles. The van der Waals surface area contributed by atoms with Crippen LogP contribution in [0, 0.1) is 0 Å². The van der Waals surface area contributed by atoms with Crippen LogP contribution >= 0.6 is 11.6 Å². The molecule has 142 valence electrons. The van der Waals surface area contributed by atoms with E-state index in [0.717, 1.165) is 44.3 Å². The van der Waals surface area contributed by atoms with Crippen molar-refractivity contribution in [2.45, 2.75) is 0 Å². The molecule has 4 heteroatoms. The quantitative estimate of drug-likeness (QED) is 0.289. The van der Waals surface area contributed by atoms with Gasteiger partial charge in [-0.3, -0.25) is 0 Å². The number of para-hydroxylation sites is 3. The molecule has 4 aromatic carbocycles. The maximum atomic E-state index is 6.32. The molecule has 0 saturated heterocycles. The summed E-state index contributed by atoms with van der Waals surface area (Å²) in [6.07, 6.45) is 0. The van der Waals surface area contributed by atoms with Gasteiger partial charge in [0, 0.05) is 27.4 Å². The molecule has 0 fully saturated rings. The number of halogens is 1. The van der Waals surface area contributed by atoms with Crippen LogP contribution in [-0.2, 0) is 0 Å². The molecule has 30 heavy (non-hydrogen) atoms. The lowest BCUT2D eigenvalue weighted by atomic mass is 10.0. The number of aromatic nitrogens is 3. The van der Waals surface area contributed by atoms with Crippen LogP contribution in [0.5, 0.6) is 0 Å². The summed E-state index contributed by atoms with van der Waals surface area (Å²) >= 11 is 6.32. The van der Waals surface area contributed by atoms with E-state index in [4.69, 9.17) is 11.6 Å². The van der Waals surface area contributed by atoms with Crippen molar-refractivity contribution in [3.8, 4) is 16.9 Å². The number of hydrogen-bond acceptors (Lipinski definition) is 2. The fourth-order valence-corrected chi connectivity index (χ4v) is 4.50. The van der Waals surface area contributed by atoms with Gasteiger partial charge in [-0.2, -0.15) is 0 Å². The average molecular weight is 406 g/mol. The molecule has 0 aliphatic rings. The lowest BCUT2D eigenvalue weighted by Gasteiger charge is -2.10. The van der Waals surface area contributed by atoms with Gasteiger partial charge in [0.25, 0.3) is 0 Å². The van der Waals surface area contributed by atoms with Gasteiger partial charge < -0.3 is 4.57 Å². The van der Waals surface area contributed by atoms with E-state index in [0.29, 0.717) is 0 Å². The number of benzene rings is 4. The smallest absolute Gasteiger partial charge is 0.223 e. The van der Waals surface area contributed by atoms with Crippen LogP contribution in [0.15, 0.2) is 97.1 Å². The number of hydrogen-bond donors (Lipinski definition) is 0. The van der Waals surface area contributed by atoms with Gasteiger partial charge in [0.05, 0.1) is 22.2 Å². The van der Waals surface area contributed by atoms with E-state index >= 15 is 0 Å². The predicted octanol–water partition coefficient (Wildman–Crippen LogP) is 7.05. The van der Waals surface area contributed by atoms with Crippen molar-refractivity contribution in [3.63, 3.8) is 0 Å². The number of rotatable bonds is 2. The van der Waals surface area contributed by atoms with E-state index in [9.17, 15) is 0 Å². The summed E-state index contributed by atoms with van der Waals surface area (Å²) < 4.78 is 2.30. The van der Waals surface area contributed by atoms with Crippen LogP contribution in [0.4, 0.5) is 0 Å². The summed E-state index contributed by atoms with van der Waals surface area (Å²) in [6.45, 7) is 0. The molecule has 0 radical (unpaired) electrons. The zero-order valence-corrected chi connectivity index (χ0v) is 16.7. The van der Waals surface area contributed by atoms with Crippen LogP contribution in [0.2, 0.25) is 5.28 Å². The molecule has 0 aliphatic carbocycles. The maximum Gasteiger partial charge on any atom is 0.223 e. The van der Waals surface area contributed by atoms with Crippen molar-refractivity contribution in [2.75, 3.05) is 0 Å². The van der Waals surface area contributed by atoms with Crippen molar-refractivity contribution in [1.29, 1.82) is 0 Å². The summed E-state index contributed by atoms with van der Waals surface area (Å²) in [6, 6.07) is 33.3. The molecule has 0 spiro atoms. The summed E-state index contributed by atoms with van der Waals surface area (Å²) in [5, 5.41) is 3.60. The Morgan fingerprint density at radius 2 is 1.30 bits per heavy atom. The lowest BCUT2D eigenvalue weighted by Crippen LogP contribution is -1.94. The van der Waals surface area contributed by atoms with Gasteiger partial charge in [-0.1, -0.05) is 66.7 Å². The molecule has 0 bridgehead atoms. The first-order valence-electron chi connectivity index (χ1n) is 9.81. The molecule has 2 aromatic heterocycles. The second kappa shape index (κ2) is 6.68. The molecule has 3 nitrogen and oxygen atoms in total. The molecule has 0 N–H and O–H groups in total. The predicted molar refractivity (Wildman–Crippen MR) is 124 cm³/mol. The van der Waals surface area contributed by atoms with Crippen LogP contribution in [0.25, 0.3) is 49.7 Å². The molecule has 6 rings (SSSR count). The minimum Gasteiger partial charge on any atom is -0.309 e. The Morgan fingerprint density at radius 3 is 2.17 bits per heavy atom. The molecular weight excluding hydrogens is 390 g/mol. The topological polar surface area (TPSA) is 30.7 Å². The van der Waals surface area contributed by atoms with Gasteiger partial charge in [-0.25, -0.2) is 9.97 Å². The molecular formula is C26H16ClN3. The average Bonchev–Trinajstić information content (AvgIpc) is 3.13. The van der Waals surface area contributed by atoms with Crippen molar-refractivity contribution < 1.29 is 0 Å². The third-order valence-corrected chi connectivity index (χ3v) is 5.71. The third kappa shape index (κ3) is 2.53. The molecule has 6 aromatic rings. The van der Waals surface area contributed by atoms with Gasteiger partial charge in [0.15, 0.2) is 0 Å². The van der Waals surface area contributed by atoms with Crippen LogP contribution in [0.1, 0.15) is 0 Å². The highest BCUT2D eigenvalue weighted by Gasteiger charge is 2.18. The van der Waals surface area contributed by atoms with E-state index in [-0.39, 0.29) is 5.28 Å². The van der Waals surface area contributed by atoms with Crippen LogP contribution < -0.4 is 0 Å². The van der Waals surface area contributed by atoms with Crippen molar-refractivity contribution in [2.24, 2.45) is 0 Å². The Kier molecular flexibility index (Phi) is 3.83. The van der Waals surface area contributed by atoms with Crippen LogP contribution in [-0.4, -0.2) is 14.5 Å². The Hall–Kier alpha value is -3.69. The summed E-state index contributed by atoms with van der Waals surface area (Å²) in [5.74, 6) is 0. The standard InChI is InChI=1S/C26H16ClN3/c27-26-28-21-14-6-4-11-18(21)25(29-26)20-13-8-16-23-24(20)19-12-5-7-15-22(19)30(23)17-9-2-1-3-10-17/h1-16H. The fraction of sp³-hybridized carbons (Fsp3) is 0.